The number of nitrogens with two attached hydrogens (primary N) is 1. The molecule has 17 heavy (non-hydrogen) atoms. The van der Waals surface area contributed by atoms with Crippen molar-refractivity contribution in [1.29, 1.82) is 0 Å². The van der Waals surface area contributed by atoms with Crippen molar-refractivity contribution in [2.75, 3.05) is 5.73 Å². The quantitative estimate of drug-likeness (QED) is 0.833. The van der Waals surface area contributed by atoms with Crippen LogP contribution in [0.2, 0.25) is 5.02 Å². The number of pyridine rings is 1. The van der Waals surface area contributed by atoms with Crippen LogP contribution in [0.1, 0.15) is 32.3 Å². The molecular formula is C13H15ClN2O. The summed E-state index contributed by atoms with van der Waals surface area (Å²) in [6.45, 7) is 4.15. The summed E-state index contributed by atoms with van der Waals surface area (Å²) in [7, 11) is 0. The number of nitrogen functional groups attached to an aromatic ring is 1. The Balaban J connectivity index is 2.46. The number of carbonyl (C=O) groups is 1. The van der Waals surface area contributed by atoms with Crippen molar-refractivity contribution in [1.82, 2.24) is 4.98 Å². The van der Waals surface area contributed by atoms with Crippen molar-refractivity contribution in [2.24, 2.45) is 5.41 Å². The van der Waals surface area contributed by atoms with Gasteiger partial charge in [-0.15, -0.1) is 0 Å². The largest absolute Gasteiger partial charge is 0.383 e. The van der Waals surface area contributed by atoms with Crippen LogP contribution in [0.3, 0.4) is 0 Å². The highest BCUT2D eigenvalue weighted by Gasteiger charge is 2.28. The van der Waals surface area contributed by atoms with Gasteiger partial charge in [-0.3, -0.25) is 4.79 Å². The summed E-state index contributed by atoms with van der Waals surface area (Å²) in [4.78, 5) is 15.7. The molecule has 1 aliphatic carbocycles. The molecule has 0 atom stereocenters. The molecule has 0 fully saturated rings. The predicted octanol–water partition coefficient (Wildman–Crippen LogP) is 3.09. The molecule has 2 N–H and O–H groups in total. The minimum Gasteiger partial charge on any atom is -0.383 e. The summed E-state index contributed by atoms with van der Waals surface area (Å²) in [6.07, 6.45) is 4.56. The third-order valence-corrected chi connectivity index (χ3v) is 3.09. The topological polar surface area (TPSA) is 56.0 Å². The SMILES string of the molecule is CC1(C)CC(=O)C=C(c2cc(Cl)cnc2N)C1. The fourth-order valence-corrected chi connectivity index (χ4v) is 2.38. The molecule has 1 aliphatic rings. The molecule has 0 saturated carbocycles. The zero-order valence-corrected chi connectivity index (χ0v) is 10.7. The first-order valence-electron chi connectivity index (χ1n) is 5.52. The van der Waals surface area contributed by atoms with E-state index in [0.717, 1.165) is 17.6 Å². The molecular weight excluding hydrogens is 236 g/mol. The number of allylic oxidation sites excluding steroid dienone is 2. The van der Waals surface area contributed by atoms with Crippen LogP contribution in [0, 0.1) is 5.41 Å². The van der Waals surface area contributed by atoms with Crippen molar-refractivity contribution in [3.8, 4) is 0 Å². The lowest BCUT2D eigenvalue weighted by atomic mass is 9.75. The van der Waals surface area contributed by atoms with E-state index in [4.69, 9.17) is 17.3 Å². The number of halogens is 1. The molecule has 0 aromatic carbocycles. The number of ketones is 1. The molecule has 0 saturated heterocycles. The van der Waals surface area contributed by atoms with Crippen LogP contribution in [0.25, 0.3) is 5.57 Å². The lowest BCUT2D eigenvalue weighted by Gasteiger charge is -2.29. The van der Waals surface area contributed by atoms with Gasteiger partial charge in [-0.2, -0.15) is 0 Å². The van der Waals surface area contributed by atoms with E-state index < -0.39 is 0 Å². The second kappa shape index (κ2) is 4.15. The fraction of sp³-hybridized carbons (Fsp3) is 0.385. The van der Waals surface area contributed by atoms with Gasteiger partial charge in [-0.25, -0.2) is 4.98 Å². The van der Waals surface area contributed by atoms with Crippen LogP contribution in [0.5, 0.6) is 0 Å². The third kappa shape index (κ3) is 2.67. The lowest BCUT2D eigenvalue weighted by Crippen LogP contribution is -2.21. The van der Waals surface area contributed by atoms with E-state index in [1.807, 2.05) is 0 Å². The Bertz CT molecular complexity index is 506. The summed E-state index contributed by atoms with van der Waals surface area (Å²) in [5.41, 5.74) is 7.51. The van der Waals surface area contributed by atoms with E-state index in [9.17, 15) is 4.79 Å². The van der Waals surface area contributed by atoms with Gasteiger partial charge < -0.3 is 5.73 Å². The fourth-order valence-electron chi connectivity index (χ4n) is 2.23. The van der Waals surface area contributed by atoms with E-state index in [0.29, 0.717) is 17.3 Å². The van der Waals surface area contributed by atoms with Crippen LogP contribution in [-0.2, 0) is 4.79 Å². The number of hydrogen-bond donors (Lipinski definition) is 1. The van der Waals surface area contributed by atoms with Crippen molar-refractivity contribution in [2.45, 2.75) is 26.7 Å². The molecule has 0 amide bonds. The van der Waals surface area contributed by atoms with Gasteiger partial charge in [0.15, 0.2) is 5.78 Å². The molecule has 1 heterocycles. The molecule has 0 spiro atoms. The third-order valence-electron chi connectivity index (χ3n) is 2.89. The molecule has 3 nitrogen and oxygen atoms in total. The minimum atomic E-state index is -0.0318. The monoisotopic (exact) mass is 250 g/mol. The zero-order chi connectivity index (χ0) is 12.6. The van der Waals surface area contributed by atoms with Gasteiger partial charge in [0.2, 0.25) is 0 Å². The van der Waals surface area contributed by atoms with Crippen LogP contribution in [0.15, 0.2) is 18.3 Å². The second-order valence-corrected chi connectivity index (χ2v) is 5.68. The van der Waals surface area contributed by atoms with Gasteiger partial charge in [0, 0.05) is 18.2 Å². The number of rotatable bonds is 1. The molecule has 0 radical (unpaired) electrons. The first kappa shape index (κ1) is 12.1. The van der Waals surface area contributed by atoms with Gasteiger partial charge in [0.25, 0.3) is 0 Å². The van der Waals surface area contributed by atoms with Gasteiger partial charge in [0.1, 0.15) is 5.82 Å². The molecule has 90 valence electrons. The van der Waals surface area contributed by atoms with Gasteiger partial charge >= 0.3 is 0 Å². The summed E-state index contributed by atoms with van der Waals surface area (Å²) in [5, 5.41) is 0.533. The number of anilines is 1. The second-order valence-electron chi connectivity index (χ2n) is 5.24. The standard InChI is InChI=1S/C13H15ClN2O/c1-13(2)5-8(3-10(17)6-13)11-4-9(14)7-16-12(11)15/h3-4,7H,5-6H2,1-2H3,(H2,15,16). The molecule has 0 unspecified atom stereocenters. The number of nitrogens with zero attached hydrogens (tertiary/aromatic N) is 1. The number of carbonyl (C=O) groups excluding carboxylic acids is 1. The predicted molar refractivity (Wildman–Crippen MR) is 69.7 cm³/mol. The summed E-state index contributed by atoms with van der Waals surface area (Å²) >= 11 is 5.91. The Labute approximate surface area is 106 Å². The Morgan fingerprint density at radius 3 is 2.76 bits per heavy atom. The summed E-state index contributed by atoms with van der Waals surface area (Å²) in [5.74, 6) is 0.557. The highest BCUT2D eigenvalue weighted by atomic mass is 35.5. The Kier molecular flexibility index (Phi) is 2.96. The van der Waals surface area contributed by atoms with Gasteiger partial charge in [-0.1, -0.05) is 25.4 Å². The Hall–Kier alpha value is -1.35. The van der Waals surface area contributed by atoms with Crippen molar-refractivity contribution in [3.63, 3.8) is 0 Å². The van der Waals surface area contributed by atoms with Crippen molar-refractivity contribution >= 4 is 28.8 Å². The highest BCUT2D eigenvalue weighted by Crippen LogP contribution is 2.39. The van der Waals surface area contributed by atoms with Crippen molar-refractivity contribution < 1.29 is 4.79 Å². The smallest absolute Gasteiger partial charge is 0.156 e. The molecule has 0 aliphatic heterocycles. The normalized spacial score (nSPS) is 19.0. The molecule has 1 aromatic rings. The highest BCUT2D eigenvalue weighted by molar-refractivity contribution is 6.30. The zero-order valence-electron chi connectivity index (χ0n) is 9.96. The maximum Gasteiger partial charge on any atom is 0.156 e. The van der Waals surface area contributed by atoms with Gasteiger partial charge in [0.05, 0.1) is 5.02 Å². The Morgan fingerprint density at radius 2 is 2.12 bits per heavy atom. The van der Waals surface area contributed by atoms with E-state index in [1.165, 1.54) is 6.20 Å². The Morgan fingerprint density at radius 1 is 1.41 bits per heavy atom. The average Bonchev–Trinajstić information content (AvgIpc) is 2.18. The van der Waals surface area contributed by atoms with Gasteiger partial charge in [-0.05, 0) is 29.6 Å². The van der Waals surface area contributed by atoms with E-state index >= 15 is 0 Å². The first-order chi connectivity index (χ1) is 7.87. The average molecular weight is 251 g/mol. The van der Waals surface area contributed by atoms with Crippen LogP contribution < -0.4 is 5.73 Å². The molecule has 4 heteroatoms. The van der Waals surface area contributed by atoms with Crippen LogP contribution >= 0.6 is 11.6 Å². The van der Waals surface area contributed by atoms with Crippen LogP contribution in [0.4, 0.5) is 5.82 Å². The van der Waals surface area contributed by atoms with Crippen molar-refractivity contribution in [3.05, 3.63) is 28.9 Å². The minimum absolute atomic E-state index is 0.0318. The maximum atomic E-state index is 11.7. The molecule has 1 aromatic heterocycles. The van der Waals surface area contributed by atoms with E-state index in [2.05, 4.69) is 18.8 Å². The lowest BCUT2D eigenvalue weighted by molar-refractivity contribution is -0.116. The van der Waals surface area contributed by atoms with Crippen LogP contribution in [-0.4, -0.2) is 10.8 Å². The number of hydrogen-bond acceptors (Lipinski definition) is 3. The number of aromatic nitrogens is 1. The van der Waals surface area contributed by atoms with E-state index in [1.54, 1.807) is 12.1 Å². The first-order valence-corrected chi connectivity index (χ1v) is 5.90. The summed E-state index contributed by atoms with van der Waals surface area (Å²) < 4.78 is 0. The summed E-state index contributed by atoms with van der Waals surface area (Å²) in [6, 6.07) is 1.77. The maximum absolute atomic E-state index is 11.7. The van der Waals surface area contributed by atoms with E-state index in [-0.39, 0.29) is 11.2 Å². The molecule has 0 bridgehead atoms. The molecule has 2 rings (SSSR count).